The van der Waals surface area contributed by atoms with E-state index in [1.165, 1.54) is 0 Å². The van der Waals surface area contributed by atoms with Gasteiger partial charge in [0, 0.05) is 32.0 Å². The molecule has 19 heavy (non-hydrogen) atoms. The predicted molar refractivity (Wildman–Crippen MR) is 73.4 cm³/mol. The molecule has 1 rings (SSSR count). The van der Waals surface area contributed by atoms with Gasteiger partial charge in [0.25, 0.3) is 0 Å². The number of carbonyl (C=O) groups is 2. The average Bonchev–Trinajstić information content (AvgIpc) is 3.11. The second-order valence-corrected chi connectivity index (χ2v) is 5.45. The SMILES string of the molecule is CCC(CCO)CNC(=O)CCNC(=O)C1CC1C. The molecule has 1 aliphatic carbocycles. The van der Waals surface area contributed by atoms with Gasteiger partial charge in [0.15, 0.2) is 0 Å². The minimum Gasteiger partial charge on any atom is -0.396 e. The van der Waals surface area contributed by atoms with Crippen molar-refractivity contribution in [1.29, 1.82) is 0 Å². The molecule has 0 radical (unpaired) electrons. The summed E-state index contributed by atoms with van der Waals surface area (Å²) < 4.78 is 0. The molecule has 0 aromatic rings. The zero-order valence-corrected chi connectivity index (χ0v) is 11.9. The molecule has 0 saturated heterocycles. The molecule has 0 spiro atoms. The number of aliphatic hydroxyl groups is 1. The molecule has 5 nitrogen and oxygen atoms in total. The molecule has 0 bridgehead atoms. The van der Waals surface area contributed by atoms with Gasteiger partial charge in [-0.2, -0.15) is 0 Å². The third-order valence-electron chi connectivity index (χ3n) is 3.80. The fraction of sp³-hybridized carbons (Fsp3) is 0.857. The van der Waals surface area contributed by atoms with Crippen LogP contribution in [0.15, 0.2) is 0 Å². The Balaban J connectivity index is 2.05. The molecule has 3 N–H and O–H groups in total. The van der Waals surface area contributed by atoms with Crippen molar-refractivity contribution in [2.45, 2.75) is 39.5 Å². The highest BCUT2D eigenvalue weighted by Gasteiger charge is 2.38. The van der Waals surface area contributed by atoms with Crippen molar-refractivity contribution in [3.8, 4) is 0 Å². The molecule has 0 aromatic carbocycles. The molecule has 0 heterocycles. The summed E-state index contributed by atoms with van der Waals surface area (Å²) in [6, 6.07) is 0. The molecular formula is C14H26N2O3. The highest BCUT2D eigenvalue weighted by atomic mass is 16.3. The van der Waals surface area contributed by atoms with E-state index < -0.39 is 0 Å². The van der Waals surface area contributed by atoms with E-state index in [4.69, 9.17) is 5.11 Å². The van der Waals surface area contributed by atoms with Crippen molar-refractivity contribution < 1.29 is 14.7 Å². The topological polar surface area (TPSA) is 78.4 Å². The van der Waals surface area contributed by atoms with Crippen LogP contribution in [0.2, 0.25) is 0 Å². The summed E-state index contributed by atoms with van der Waals surface area (Å²) in [5.74, 6) is 1.03. The summed E-state index contributed by atoms with van der Waals surface area (Å²) in [5.41, 5.74) is 0. The summed E-state index contributed by atoms with van der Waals surface area (Å²) in [7, 11) is 0. The van der Waals surface area contributed by atoms with Gasteiger partial charge >= 0.3 is 0 Å². The summed E-state index contributed by atoms with van der Waals surface area (Å²) in [6.07, 6.45) is 2.95. The summed E-state index contributed by atoms with van der Waals surface area (Å²) >= 11 is 0. The number of carbonyl (C=O) groups excluding carboxylic acids is 2. The molecule has 5 heteroatoms. The molecule has 0 aliphatic heterocycles. The van der Waals surface area contributed by atoms with Crippen LogP contribution in [0.5, 0.6) is 0 Å². The Labute approximate surface area is 115 Å². The van der Waals surface area contributed by atoms with Crippen molar-refractivity contribution in [2.75, 3.05) is 19.7 Å². The number of hydrogen-bond donors (Lipinski definition) is 3. The summed E-state index contributed by atoms with van der Waals surface area (Å²) in [5, 5.41) is 14.5. The quantitative estimate of drug-likeness (QED) is 0.576. The van der Waals surface area contributed by atoms with E-state index in [-0.39, 0.29) is 24.3 Å². The first kappa shape index (κ1) is 16.0. The van der Waals surface area contributed by atoms with Crippen molar-refractivity contribution >= 4 is 11.8 Å². The van der Waals surface area contributed by atoms with Gasteiger partial charge in [-0.3, -0.25) is 9.59 Å². The van der Waals surface area contributed by atoms with E-state index in [9.17, 15) is 9.59 Å². The number of nitrogens with one attached hydrogen (secondary N) is 2. The Kier molecular flexibility index (Phi) is 6.84. The van der Waals surface area contributed by atoms with Crippen LogP contribution in [0, 0.1) is 17.8 Å². The summed E-state index contributed by atoms with van der Waals surface area (Å²) in [4.78, 5) is 23.1. The maximum Gasteiger partial charge on any atom is 0.223 e. The van der Waals surface area contributed by atoms with Gasteiger partial charge < -0.3 is 15.7 Å². The Hall–Kier alpha value is -1.10. The minimum absolute atomic E-state index is 0.0412. The molecule has 0 aromatic heterocycles. The van der Waals surface area contributed by atoms with Gasteiger partial charge in [-0.05, 0) is 24.7 Å². The van der Waals surface area contributed by atoms with Crippen molar-refractivity contribution in [2.24, 2.45) is 17.8 Å². The fourth-order valence-electron chi connectivity index (χ4n) is 2.10. The standard InChI is InChI=1S/C14H26N2O3/c1-3-11(5-7-17)9-16-13(18)4-6-15-14(19)12-8-10(12)2/h10-12,17H,3-9H2,1-2H3,(H,15,19)(H,16,18). The van der Waals surface area contributed by atoms with Crippen LogP contribution in [-0.2, 0) is 9.59 Å². The Morgan fingerprint density at radius 3 is 2.58 bits per heavy atom. The Morgan fingerprint density at radius 2 is 2.05 bits per heavy atom. The Morgan fingerprint density at radius 1 is 1.37 bits per heavy atom. The van der Waals surface area contributed by atoms with E-state index in [1.54, 1.807) is 0 Å². The van der Waals surface area contributed by atoms with Gasteiger partial charge in [-0.15, -0.1) is 0 Å². The Bertz CT molecular complexity index is 307. The molecule has 110 valence electrons. The van der Waals surface area contributed by atoms with Gasteiger partial charge in [0.1, 0.15) is 0 Å². The first-order valence-electron chi connectivity index (χ1n) is 7.23. The van der Waals surface area contributed by atoms with Gasteiger partial charge in [-0.25, -0.2) is 0 Å². The van der Waals surface area contributed by atoms with Crippen molar-refractivity contribution in [3.05, 3.63) is 0 Å². The number of hydrogen-bond acceptors (Lipinski definition) is 3. The van der Waals surface area contributed by atoms with Crippen LogP contribution >= 0.6 is 0 Å². The predicted octanol–water partition coefficient (Wildman–Crippen LogP) is 0.673. The zero-order chi connectivity index (χ0) is 14.3. The van der Waals surface area contributed by atoms with Crippen molar-refractivity contribution in [3.63, 3.8) is 0 Å². The van der Waals surface area contributed by atoms with E-state index >= 15 is 0 Å². The molecule has 2 amide bonds. The monoisotopic (exact) mass is 270 g/mol. The van der Waals surface area contributed by atoms with E-state index in [0.29, 0.717) is 37.8 Å². The number of rotatable bonds is 9. The smallest absolute Gasteiger partial charge is 0.223 e. The lowest BCUT2D eigenvalue weighted by molar-refractivity contribution is -0.123. The maximum atomic E-state index is 11.6. The first-order chi connectivity index (χ1) is 9.08. The molecule has 3 unspecified atom stereocenters. The first-order valence-corrected chi connectivity index (χ1v) is 7.23. The van der Waals surface area contributed by atoms with E-state index in [2.05, 4.69) is 17.6 Å². The lowest BCUT2D eigenvalue weighted by Crippen LogP contribution is -2.34. The van der Waals surface area contributed by atoms with E-state index in [1.807, 2.05) is 6.92 Å². The third-order valence-corrected chi connectivity index (χ3v) is 3.80. The molecule has 3 atom stereocenters. The third kappa shape index (κ3) is 6.05. The minimum atomic E-state index is -0.0412. The second-order valence-electron chi connectivity index (χ2n) is 5.45. The van der Waals surface area contributed by atoms with Crippen LogP contribution in [0.1, 0.15) is 39.5 Å². The molecular weight excluding hydrogens is 244 g/mol. The van der Waals surface area contributed by atoms with Crippen molar-refractivity contribution in [1.82, 2.24) is 10.6 Å². The highest BCUT2D eigenvalue weighted by Crippen LogP contribution is 2.37. The highest BCUT2D eigenvalue weighted by molar-refractivity contribution is 5.82. The second kappa shape index (κ2) is 8.15. The molecule has 1 fully saturated rings. The molecule has 1 saturated carbocycles. The van der Waals surface area contributed by atoms with Gasteiger partial charge in [0.2, 0.25) is 11.8 Å². The van der Waals surface area contributed by atoms with Crippen LogP contribution in [0.3, 0.4) is 0 Å². The lowest BCUT2D eigenvalue weighted by atomic mass is 10.0. The number of amides is 2. The van der Waals surface area contributed by atoms with Crippen LogP contribution < -0.4 is 10.6 Å². The number of aliphatic hydroxyl groups excluding tert-OH is 1. The zero-order valence-electron chi connectivity index (χ0n) is 11.9. The fourth-order valence-corrected chi connectivity index (χ4v) is 2.10. The van der Waals surface area contributed by atoms with Gasteiger partial charge in [0.05, 0.1) is 0 Å². The molecule has 1 aliphatic rings. The lowest BCUT2D eigenvalue weighted by Gasteiger charge is -2.14. The summed E-state index contributed by atoms with van der Waals surface area (Å²) in [6.45, 7) is 5.27. The normalized spacial score (nSPS) is 22.7. The average molecular weight is 270 g/mol. The van der Waals surface area contributed by atoms with Crippen LogP contribution in [-0.4, -0.2) is 36.6 Å². The maximum absolute atomic E-state index is 11.6. The largest absolute Gasteiger partial charge is 0.396 e. The van der Waals surface area contributed by atoms with Gasteiger partial charge in [-0.1, -0.05) is 20.3 Å². The van der Waals surface area contributed by atoms with E-state index in [0.717, 1.165) is 12.8 Å². The van der Waals surface area contributed by atoms with Crippen LogP contribution in [0.4, 0.5) is 0 Å². The van der Waals surface area contributed by atoms with Crippen LogP contribution in [0.25, 0.3) is 0 Å².